The zero-order chi connectivity index (χ0) is 13.4. The molecule has 2 aromatic heterocycles. The van der Waals surface area contributed by atoms with Gasteiger partial charge in [-0.15, -0.1) is 10.2 Å². The van der Waals surface area contributed by atoms with E-state index in [0.717, 1.165) is 22.4 Å². The molecule has 1 aromatic carbocycles. The van der Waals surface area contributed by atoms with Crippen LogP contribution in [-0.4, -0.2) is 25.0 Å². The lowest BCUT2D eigenvalue weighted by atomic mass is 10.2. The Hall–Kier alpha value is -2.57. The second-order valence-electron chi connectivity index (χ2n) is 4.56. The number of hydrogen-bond acceptors (Lipinski definition) is 5. The number of nitrogens with one attached hydrogen (secondary N) is 2. The largest absolute Gasteiger partial charge is 0.397 e. The van der Waals surface area contributed by atoms with Gasteiger partial charge in [0.15, 0.2) is 5.82 Å². The van der Waals surface area contributed by atoms with Gasteiger partial charge in [-0.2, -0.15) is 5.10 Å². The number of nitrogens with two attached hydrogens (primary N) is 1. The minimum absolute atomic E-state index is 0.00942. The second-order valence-corrected chi connectivity index (χ2v) is 4.56. The van der Waals surface area contributed by atoms with Crippen molar-refractivity contribution >= 4 is 22.3 Å². The number of aromatic amines is 1. The molecule has 0 spiro atoms. The molecule has 3 aromatic rings. The predicted octanol–water partition coefficient (Wildman–Crippen LogP) is 1.45. The van der Waals surface area contributed by atoms with Gasteiger partial charge in [0.2, 0.25) is 0 Å². The van der Waals surface area contributed by atoms with Gasteiger partial charge in [-0.05, 0) is 19.1 Å². The van der Waals surface area contributed by atoms with Gasteiger partial charge in [0.1, 0.15) is 6.33 Å². The first-order chi connectivity index (χ1) is 9.15. The van der Waals surface area contributed by atoms with Crippen molar-refractivity contribution in [1.29, 1.82) is 0 Å². The van der Waals surface area contributed by atoms with E-state index in [1.807, 2.05) is 30.7 Å². The van der Waals surface area contributed by atoms with E-state index >= 15 is 0 Å². The number of H-pyrrole nitrogens is 1. The van der Waals surface area contributed by atoms with Crippen LogP contribution in [0, 0.1) is 0 Å². The quantitative estimate of drug-likeness (QED) is 0.617. The Morgan fingerprint density at radius 1 is 1.42 bits per heavy atom. The van der Waals surface area contributed by atoms with E-state index in [2.05, 4.69) is 25.7 Å². The summed E-state index contributed by atoms with van der Waals surface area (Å²) in [6.45, 7) is 2.01. The number of rotatable bonds is 3. The highest BCUT2D eigenvalue weighted by Crippen LogP contribution is 2.27. The molecule has 98 valence electrons. The lowest BCUT2D eigenvalue weighted by molar-refractivity contribution is 0.720. The van der Waals surface area contributed by atoms with Crippen molar-refractivity contribution in [2.45, 2.75) is 13.0 Å². The zero-order valence-corrected chi connectivity index (χ0v) is 10.8. The summed E-state index contributed by atoms with van der Waals surface area (Å²) in [5, 5.41) is 19.2. The van der Waals surface area contributed by atoms with Gasteiger partial charge >= 0.3 is 0 Å². The number of nitrogen functional groups attached to an aromatic ring is 1. The molecule has 1 unspecified atom stereocenters. The van der Waals surface area contributed by atoms with Crippen LogP contribution in [-0.2, 0) is 7.05 Å². The normalized spacial score (nSPS) is 12.7. The fourth-order valence-corrected chi connectivity index (χ4v) is 2.12. The summed E-state index contributed by atoms with van der Waals surface area (Å²) < 4.78 is 1.88. The summed E-state index contributed by atoms with van der Waals surface area (Å²) in [5.74, 6) is 0.851. The molecule has 0 aliphatic heterocycles. The van der Waals surface area contributed by atoms with Crippen LogP contribution in [0.5, 0.6) is 0 Å². The van der Waals surface area contributed by atoms with E-state index in [9.17, 15) is 0 Å². The molecular weight excluding hydrogens is 242 g/mol. The van der Waals surface area contributed by atoms with Gasteiger partial charge in [0.05, 0.1) is 29.1 Å². The summed E-state index contributed by atoms with van der Waals surface area (Å²) in [5.41, 5.74) is 8.52. The zero-order valence-electron chi connectivity index (χ0n) is 10.8. The molecule has 3 rings (SSSR count). The summed E-state index contributed by atoms with van der Waals surface area (Å²) in [7, 11) is 1.91. The Bertz CT molecular complexity index is 712. The first-order valence-electron chi connectivity index (χ1n) is 5.98. The SMILES string of the molecule is CC(Nc1cc2[nH]ncc2cc1N)c1nncn1C. The topological polar surface area (TPSA) is 97.4 Å². The summed E-state index contributed by atoms with van der Waals surface area (Å²) in [6, 6.07) is 3.85. The average molecular weight is 257 g/mol. The Balaban J connectivity index is 1.92. The van der Waals surface area contributed by atoms with Gasteiger partial charge in [-0.3, -0.25) is 5.10 Å². The van der Waals surface area contributed by atoms with Gasteiger partial charge in [0.25, 0.3) is 0 Å². The van der Waals surface area contributed by atoms with E-state index in [1.165, 1.54) is 0 Å². The molecule has 7 nitrogen and oxygen atoms in total. The highest BCUT2D eigenvalue weighted by Gasteiger charge is 2.13. The summed E-state index contributed by atoms with van der Waals surface area (Å²) in [6.07, 6.45) is 3.43. The first kappa shape index (κ1) is 11.5. The predicted molar refractivity (Wildman–Crippen MR) is 73.5 cm³/mol. The standard InChI is InChI=1S/C12H15N7/c1-7(12-18-15-6-19(12)2)16-11-4-10-8(3-9(11)13)5-14-17-10/h3-7,16H,13H2,1-2H3,(H,14,17). The van der Waals surface area contributed by atoms with Crippen LogP contribution in [0.2, 0.25) is 0 Å². The fraction of sp³-hybridized carbons (Fsp3) is 0.250. The highest BCUT2D eigenvalue weighted by atomic mass is 15.3. The van der Waals surface area contributed by atoms with Gasteiger partial charge in [-0.25, -0.2) is 0 Å². The monoisotopic (exact) mass is 257 g/mol. The van der Waals surface area contributed by atoms with Gasteiger partial charge in [-0.1, -0.05) is 0 Å². The van der Waals surface area contributed by atoms with Gasteiger partial charge < -0.3 is 15.6 Å². The Morgan fingerprint density at radius 2 is 2.26 bits per heavy atom. The van der Waals surface area contributed by atoms with E-state index in [4.69, 9.17) is 5.73 Å². The molecule has 2 heterocycles. The van der Waals surface area contributed by atoms with E-state index in [0.29, 0.717) is 5.69 Å². The molecule has 0 aliphatic rings. The maximum atomic E-state index is 6.04. The number of hydrogen-bond donors (Lipinski definition) is 3. The summed E-state index contributed by atoms with van der Waals surface area (Å²) in [4.78, 5) is 0. The van der Waals surface area contributed by atoms with Gasteiger partial charge in [0, 0.05) is 12.4 Å². The lowest BCUT2D eigenvalue weighted by Gasteiger charge is -2.16. The number of benzene rings is 1. The van der Waals surface area contributed by atoms with Crippen LogP contribution >= 0.6 is 0 Å². The van der Waals surface area contributed by atoms with Crippen LogP contribution in [0.4, 0.5) is 11.4 Å². The third kappa shape index (κ3) is 1.99. The minimum atomic E-state index is 0.00942. The molecule has 0 aliphatic carbocycles. The molecule has 19 heavy (non-hydrogen) atoms. The van der Waals surface area contributed by atoms with Crippen LogP contribution in [0.1, 0.15) is 18.8 Å². The summed E-state index contributed by atoms with van der Waals surface area (Å²) >= 11 is 0. The van der Waals surface area contributed by atoms with Crippen molar-refractivity contribution in [3.05, 3.63) is 30.5 Å². The average Bonchev–Trinajstić information content (AvgIpc) is 2.98. The van der Waals surface area contributed by atoms with Crippen molar-refractivity contribution in [3.63, 3.8) is 0 Å². The number of aryl methyl sites for hydroxylation is 1. The smallest absolute Gasteiger partial charge is 0.154 e. The number of anilines is 2. The van der Waals surface area contributed by atoms with E-state index in [1.54, 1.807) is 12.5 Å². The molecule has 0 saturated carbocycles. The maximum Gasteiger partial charge on any atom is 0.154 e. The maximum absolute atomic E-state index is 6.04. The highest BCUT2D eigenvalue weighted by molar-refractivity contribution is 5.88. The molecule has 0 saturated heterocycles. The molecule has 0 bridgehead atoms. The Kier molecular flexibility index (Phi) is 2.59. The molecule has 0 fully saturated rings. The number of fused-ring (bicyclic) bond motifs is 1. The third-order valence-electron chi connectivity index (χ3n) is 3.12. The molecule has 0 amide bonds. The van der Waals surface area contributed by atoms with E-state index < -0.39 is 0 Å². The second kappa shape index (κ2) is 4.27. The fourth-order valence-electron chi connectivity index (χ4n) is 2.12. The molecule has 1 atom stereocenters. The van der Waals surface area contributed by atoms with Crippen molar-refractivity contribution in [1.82, 2.24) is 25.0 Å². The van der Waals surface area contributed by atoms with Crippen molar-refractivity contribution in [2.24, 2.45) is 7.05 Å². The number of nitrogens with zero attached hydrogens (tertiary/aromatic N) is 4. The third-order valence-corrected chi connectivity index (χ3v) is 3.12. The van der Waals surface area contributed by atoms with Crippen molar-refractivity contribution in [3.8, 4) is 0 Å². The molecule has 4 N–H and O–H groups in total. The molecule has 7 heteroatoms. The van der Waals surface area contributed by atoms with Crippen LogP contribution < -0.4 is 11.1 Å². The molecule has 0 radical (unpaired) electrons. The minimum Gasteiger partial charge on any atom is -0.397 e. The van der Waals surface area contributed by atoms with Crippen molar-refractivity contribution in [2.75, 3.05) is 11.1 Å². The Morgan fingerprint density at radius 3 is 3.00 bits per heavy atom. The van der Waals surface area contributed by atoms with E-state index in [-0.39, 0.29) is 6.04 Å². The van der Waals surface area contributed by atoms with Crippen LogP contribution in [0.3, 0.4) is 0 Å². The Labute approximate surface area is 109 Å². The lowest BCUT2D eigenvalue weighted by Crippen LogP contribution is -2.13. The number of aromatic nitrogens is 5. The molecular formula is C12H15N7. The van der Waals surface area contributed by atoms with Crippen LogP contribution in [0.15, 0.2) is 24.7 Å². The van der Waals surface area contributed by atoms with Crippen molar-refractivity contribution < 1.29 is 0 Å². The van der Waals surface area contributed by atoms with Crippen LogP contribution in [0.25, 0.3) is 10.9 Å². The first-order valence-corrected chi connectivity index (χ1v) is 5.98.